The molecule has 1 aromatic carbocycles. The Labute approximate surface area is 107 Å². The number of ether oxygens (including phenoxy) is 1. The molecular formula is C13H19N3O2. The van der Waals surface area contributed by atoms with Crippen LogP contribution in [0.15, 0.2) is 24.3 Å². The minimum absolute atomic E-state index is 0.237. The summed E-state index contributed by atoms with van der Waals surface area (Å²) in [6, 6.07) is 7.36. The number of para-hydroxylation sites is 1. The van der Waals surface area contributed by atoms with Crippen molar-refractivity contribution in [1.29, 1.82) is 0 Å². The van der Waals surface area contributed by atoms with Crippen LogP contribution in [0.5, 0.6) is 5.75 Å². The zero-order chi connectivity index (χ0) is 13.3. The summed E-state index contributed by atoms with van der Waals surface area (Å²) in [6.45, 7) is 4.73. The van der Waals surface area contributed by atoms with Crippen LogP contribution in [0.25, 0.3) is 0 Å². The highest BCUT2D eigenvalue weighted by Gasteiger charge is 2.44. The van der Waals surface area contributed by atoms with Crippen molar-refractivity contribution in [1.82, 2.24) is 10.4 Å². The van der Waals surface area contributed by atoms with Gasteiger partial charge in [0.05, 0.1) is 12.6 Å². The van der Waals surface area contributed by atoms with E-state index in [4.69, 9.17) is 10.5 Å². The molecule has 0 bridgehead atoms. The van der Waals surface area contributed by atoms with Gasteiger partial charge in [0.15, 0.2) is 0 Å². The quantitative estimate of drug-likeness (QED) is 0.833. The van der Waals surface area contributed by atoms with Gasteiger partial charge in [-0.1, -0.05) is 25.1 Å². The number of primary amides is 1. The van der Waals surface area contributed by atoms with Crippen LogP contribution in [0.3, 0.4) is 0 Å². The number of hydrogen-bond acceptors (Lipinski definition) is 3. The molecule has 1 heterocycles. The number of nitrogens with one attached hydrogen (secondary N) is 1. The number of carbonyl (C=O) groups excluding carboxylic acids is 1. The molecule has 1 aliphatic rings. The van der Waals surface area contributed by atoms with Gasteiger partial charge in [-0.25, -0.2) is 10.2 Å². The second kappa shape index (κ2) is 4.49. The first-order chi connectivity index (χ1) is 8.49. The third kappa shape index (κ3) is 1.90. The number of hydrazine groups is 1. The molecule has 1 fully saturated rings. The minimum atomic E-state index is -0.458. The monoisotopic (exact) mass is 249 g/mol. The normalized spacial score (nSPS) is 27.3. The van der Waals surface area contributed by atoms with E-state index in [1.54, 1.807) is 7.11 Å². The van der Waals surface area contributed by atoms with Gasteiger partial charge in [-0.15, -0.1) is 0 Å². The molecule has 5 heteroatoms. The molecule has 1 saturated heterocycles. The number of methoxy groups -OCH3 is 1. The molecule has 98 valence electrons. The first kappa shape index (κ1) is 12.7. The molecule has 5 nitrogen and oxygen atoms in total. The Hall–Kier alpha value is -1.75. The fraction of sp³-hybridized carbons (Fsp3) is 0.462. The lowest BCUT2D eigenvalue weighted by molar-refractivity contribution is 0.184. The number of urea groups is 1. The van der Waals surface area contributed by atoms with Crippen molar-refractivity contribution < 1.29 is 9.53 Å². The Kier molecular flexibility index (Phi) is 3.17. The van der Waals surface area contributed by atoms with Crippen molar-refractivity contribution in [2.75, 3.05) is 13.7 Å². The van der Waals surface area contributed by atoms with Gasteiger partial charge in [0.1, 0.15) is 5.75 Å². The Morgan fingerprint density at radius 1 is 1.56 bits per heavy atom. The maximum absolute atomic E-state index is 11.3. The molecule has 0 aromatic heterocycles. The third-order valence-electron chi connectivity index (χ3n) is 3.74. The van der Waals surface area contributed by atoms with Gasteiger partial charge in [0, 0.05) is 12.1 Å². The Balaban J connectivity index is 2.39. The largest absolute Gasteiger partial charge is 0.496 e. The standard InChI is InChI=1S/C13H19N3O2/c1-9-8-16(12(14)17)15-13(9,2)10-6-4-5-7-11(10)18-3/h4-7,9,15H,8H2,1-3H3,(H2,14,17). The highest BCUT2D eigenvalue weighted by molar-refractivity contribution is 5.72. The molecule has 18 heavy (non-hydrogen) atoms. The maximum atomic E-state index is 11.3. The predicted molar refractivity (Wildman–Crippen MR) is 68.9 cm³/mol. The van der Waals surface area contributed by atoms with Crippen LogP contribution in [0.1, 0.15) is 19.4 Å². The second-order valence-electron chi connectivity index (χ2n) is 4.86. The molecule has 1 aliphatic heterocycles. The SMILES string of the molecule is COc1ccccc1C1(C)NN(C(N)=O)CC1C. The molecule has 2 rings (SSSR count). The minimum Gasteiger partial charge on any atom is -0.496 e. The van der Waals surface area contributed by atoms with Gasteiger partial charge in [0.25, 0.3) is 0 Å². The summed E-state index contributed by atoms with van der Waals surface area (Å²) in [5, 5.41) is 1.46. The number of amides is 2. The van der Waals surface area contributed by atoms with E-state index in [1.807, 2.05) is 24.3 Å². The number of nitrogens with two attached hydrogens (primary N) is 1. The molecule has 1 aromatic rings. The van der Waals surface area contributed by atoms with E-state index in [0.717, 1.165) is 11.3 Å². The van der Waals surface area contributed by atoms with Gasteiger partial charge >= 0.3 is 6.03 Å². The summed E-state index contributed by atoms with van der Waals surface area (Å²) in [6.07, 6.45) is 0. The van der Waals surface area contributed by atoms with Crippen LogP contribution in [-0.2, 0) is 5.54 Å². The summed E-state index contributed by atoms with van der Waals surface area (Å²) >= 11 is 0. The number of benzene rings is 1. The number of nitrogens with zero attached hydrogens (tertiary/aromatic N) is 1. The lowest BCUT2D eigenvalue weighted by Gasteiger charge is -2.30. The average Bonchev–Trinajstić information content (AvgIpc) is 2.67. The fourth-order valence-electron chi connectivity index (χ4n) is 2.44. The van der Waals surface area contributed by atoms with Crippen molar-refractivity contribution in [2.24, 2.45) is 11.7 Å². The Morgan fingerprint density at radius 3 is 2.78 bits per heavy atom. The summed E-state index contributed by atoms with van der Waals surface area (Å²) in [4.78, 5) is 11.3. The summed E-state index contributed by atoms with van der Waals surface area (Å²) in [5.41, 5.74) is 9.18. The third-order valence-corrected chi connectivity index (χ3v) is 3.74. The highest BCUT2D eigenvalue weighted by atomic mass is 16.5. The highest BCUT2D eigenvalue weighted by Crippen LogP contribution is 2.39. The molecular weight excluding hydrogens is 230 g/mol. The lowest BCUT2D eigenvalue weighted by Crippen LogP contribution is -2.47. The van der Waals surface area contributed by atoms with Crippen LogP contribution < -0.4 is 15.9 Å². The van der Waals surface area contributed by atoms with Crippen LogP contribution in [0.2, 0.25) is 0 Å². The van der Waals surface area contributed by atoms with Gasteiger partial charge in [-0.3, -0.25) is 5.01 Å². The fourth-order valence-corrected chi connectivity index (χ4v) is 2.44. The van der Waals surface area contributed by atoms with Gasteiger partial charge in [0.2, 0.25) is 0 Å². The van der Waals surface area contributed by atoms with E-state index in [9.17, 15) is 4.79 Å². The molecule has 0 saturated carbocycles. The maximum Gasteiger partial charge on any atom is 0.329 e. The molecule has 2 unspecified atom stereocenters. The van der Waals surface area contributed by atoms with Crippen molar-refractivity contribution in [3.63, 3.8) is 0 Å². The Morgan fingerprint density at radius 2 is 2.22 bits per heavy atom. The van der Waals surface area contributed by atoms with E-state index >= 15 is 0 Å². The van der Waals surface area contributed by atoms with Crippen molar-refractivity contribution in [3.05, 3.63) is 29.8 Å². The number of carbonyl (C=O) groups is 1. The molecule has 2 atom stereocenters. The van der Waals surface area contributed by atoms with E-state index in [1.165, 1.54) is 5.01 Å². The molecule has 0 aliphatic carbocycles. The van der Waals surface area contributed by atoms with Gasteiger partial charge < -0.3 is 10.5 Å². The van der Waals surface area contributed by atoms with Gasteiger partial charge in [-0.05, 0) is 18.9 Å². The van der Waals surface area contributed by atoms with Crippen molar-refractivity contribution >= 4 is 6.03 Å². The van der Waals surface area contributed by atoms with E-state index < -0.39 is 6.03 Å². The predicted octanol–water partition coefficient (Wildman–Crippen LogP) is 1.45. The van der Waals surface area contributed by atoms with E-state index in [0.29, 0.717) is 6.54 Å². The summed E-state index contributed by atoms with van der Waals surface area (Å²) in [5.74, 6) is 1.05. The second-order valence-corrected chi connectivity index (χ2v) is 4.86. The average molecular weight is 249 g/mol. The van der Waals surface area contributed by atoms with Crippen LogP contribution in [0, 0.1) is 5.92 Å². The molecule has 0 radical (unpaired) electrons. The van der Waals surface area contributed by atoms with E-state index in [-0.39, 0.29) is 11.5 Å². The Bertz CT molecular complexity index is 463. The summed E-state index contributed by atoms with van der Waals surface area (Å²) < 4.78 is 5.39. The van der Waals surface area contributed by atoms with E-state index in [2.05, 4.69) is 19.3 Å². The van der Waals surface area contributed by atoms with Crippen molar-refractivity contribution in [3.8, 4) is 5.75 Å². The molecule has 0 spiro atoms. The summed E-state index contributed by atoms with van der Waals surface area (Å²) in [7, 11) is 1.65. The number of rotatable bonds is 2. The first-order valence-corrected chi connectivity index (χ1v) is 5.97. The number of hydrogen-bond donors (Lipinski definition) is 2. The zero-order valence-corrected chi connectivity index (χ0v) is 10.9. The first-order valence-electron chi connectivity index (χ1n) is 5.97. The lowest BCUT2D eigenvalue weighted by atomic mass is 9.82. The van der Waals surface area contributed by atoms with Crippen LogP contribution >= 0.6 is 0 Å². The topological polar surface area (TPSA) is 67.6 Å². The molecule has 3 N–H and O–H groups in total. The van der Waals surface area contributed by atoms with Crippen LogP contribution in [-0.4, -0.2) is 24.7 Å². The molecule has 2 amide bonds. The smallest absolute Gasteiger partial charge is 0.329 e. The van der Waals surface area contributed by atoms with Crippen LogP contribution in [0.4, 0.5) is 4.79 Å². The zero-order valence-electron chi connectivity index (χ0n) is 10.9. The van der Waals surface area contributed by atoms with Crippen molar-refractivity contribution in [2.45, 2.75) is 19.4 Å². The van der Waals surface area contributed by atoms with Gasteiger partial charge in [-0.2, -0.15) is 0 Å².